The molecule has 0 radical (unpaired) electrons. The van der Waals surface area contributed by atoms with Crippen molar-refractivity contribution in [2.75, 3.05) is 26.2 Å². The highest BCUT2D eigenvalue weighted by Gasteiger charge is 2.23. The minimum Gasteiger partial charge on any atom is -0.373 e. The van der Waals surface area contributed by atoms with Crippen molar-refractivity contribution in [3.8, 4) is 0 Å². The molecule has 0 bridgehead atoms. The lowest BCUT2D eigenvalue weighted by Gasteiger charge is -2.35. The van der Waals surface area contributed by atoms with Crippen LogP contribution in [0.1, 0.15) is 42.6 Å². The van der Waals surface area contributed by atoms with E-state index in [1.54, 1.807) is 0 Å². The van der Waals surface area contributed by atoms with Crippen LogP contribution in [0.4, 0.5) is 0 Å². The fourth-order valence-electron chi connectivity index (χ4n) is 3.71. The van der Waals surface area contributed by atoms with Crippen LogP contribution in [0.5, 0.6) is 0 Å². The number of carbonyl (C=O) groups is 1. The Morgan fingerprint density at radius 1 is 1.12 bits per heavy atom. The third-order valence-electron chi connectivity index (χ3n) is 4.93. The molecule has 0 spiro atoms. The molecule has 132 valence electrons. The number of benzene rings is 1. The lowest BCUT2D eigenvalue weighted by Crippen LogP contribution is -2.44. The van der Waals surface area contributed by atoms with Crippen LogP contribution < -0.4 is 5.73 Å². The summed E-state index contributed by atoms with van der Waals surface area (Å²) in [7, 11) is 0. The molecule has 1 amide bonds. The smallest absolute Gasteiger partial charge is 0.253 e. The highest BCUT2D eigenvalue weighted by molar-refractivity contribution is 5.94. The number of morpholine rings is 1. The average molecular weight is 331 g/mol. The summed E-state index contributed by atoms with van der Waals surface area (Å²) in [5.41, 5.74) is 7.93. The second-order valence-corrected chi connectivity index (χ2v) is 7.28. The third kappa shape index (κ3) is 4.35. The molecule has 5 heteroatoms. The molecule has 0 aliphatic carbocycles. The predicted molar refractivity (Wildman–Crippen MR) is 94.8 cm³/mol. The SMILES string of the molecule is C[C@@H]1CN(Cc2ccc(C(=O)N3CCC(N)CC3)cc2)C[C@H](C)O1. The van der Waals surface area contributed by atoms with Crippen LogP contribution in [0.25, 0.3) is 0 Å². The normalized spacial score (nSPS) is 26.5. The fraction of sp³-hybridized carbons (Fsp3) is 0.632. The van der Waals surface area contributed by atoms with Gasteiger partial charge in [0.25, 0.3) is 5.91 Å². The third-order valence-corrected chi connectivity index (χ3v) is 4.93. The highest BCUT2D eigenvalue weighted by Crippen LogP contribution is 2.17. The zero-order valence-corrected chi connectivity index (χ0v) is 14.8. The van der Waals surface area contributed by atoms with Gasteiger partial charge in [-0.2, -0.15) is 0 Å². The number of carbonyl (C=O) groups excluding carboxylic acids is 1. The van der Waals surface area contributed by atoms with Gasteiger partial charge in [-0.3, -0.25) is 9.69 Å². The van der Waals surface area contributed by atoms with Crippen LogP contribution in [0.15, 0.2) is 24.3 Å². The second-order valence-electron chi connectivity index (χ2n) is 7.28. The van der Waals surface area contributed by atoms with Crippen molar-refractivity contribution in [3.05, 3.63) is 35.4 Å². The first-order valence-electron chi connectivity index (χ1n) is 9.03. The molecule has 1 aromatic carbocycles. The Morgan fingerprint density at radius 2 is 1.71 bits per heavy atom. The Hall–Kier alpha value is -1.43. The highest BCUT2D eigenvalue weighted by atomic mass is 16.5. The van der Waals surface area contributed by atoms with Crippen LogP contribution in [-0.2, 0) is 11.3 Å². The molecule has 24 heavy (non-hydrogen) atoms. The molecule has 2 aliphatic rings. The molecule has 2 fully saturated rings. The van der Waals surface area contributed by atoms with Crippen molar-refractivity contribution >= 4 is 5.91 Å². The van der Waals surface area contributed by atoms with E-state index in [4.69, 9.17) is 10.5 Å². The molecule has 2 atom stereocenters. The van der Waals surface area contributed by atoms with Crippen molar-refractivity contribution in [3.63, 3.8) is 0 Å². The summed E-state index contributed by atoms with van der Waals surface area (Å²) in [4.78, 5) is 16.9. The van der Waals surface area contributed by atoms with E-state index in [9.17, 15) is 4.79 Å². The summed E-state index contributed by atoms with van der Waals surface area (Å²) in [5, 5.41) is 0. The zero-order valence-electron chi connectivity index (χ0n) is 14.8. The first-order chi connectivity index (χ1) is 11.5. The number of amides is 1. The Balaban J connectivity index is 1.58. The molecule has 2 saturated heterocycles. The van der Waals surface area contributed by atoms with Crippen LogP contribution in [0.2, 0.25) is 0 Å². The van der Waals surface area contributed by atoms with Gasteiger partial charge in [-0.25, -0.2) is 0 Å². The molecule has 2 heterocycles. The average Bonchev–Trinajstić information content (AvgIpc) is 2.55. The number of hydrogen-bond acceptors (Lipinski definition) is 4. The quantitative estimate of drug-likeness (QED) is 0.918. The molecule has 0 aromatic heterocycles. The van der Waals surface area contributed by atoms with E-state index in [0.29, 0.717) is 0 Å². The van der Waals surface area contributed by atoms with Gasteiger partial charge in [0.1, 0.15) is 0 Å². The molecule has 0 unspecified atom stereocenters. The Kier molecular flexibility index (Phi) is 5.54. The number of nitrogens with zero attached hydrogens (tertiary/aromatic N) is 2. The number of likely N-dealkylation sites (tertiary alicyclic amines) is 1. The van der Waals surface area contributed by atoms with E-state index in [1.807, 2.05) is 17.0 Å². The molecule has 2 aliphatic heterocycles. The summed E-state index contributed by atoms with van der Waals surface area (Å²) >= 11 is 0. The Bertz CT molecular complexity index is 542. The molecule has 3 rings (SSSR count). The van der Waals surface area contributed by atoms with E-state index < -0.39 is 0 Å². The molecule has 5 nitrogen and oxygen atoms in total. The van der Waals surface area contributed by atoms with Gasteiger partial charge < -0.3 is 15.4 Å². The van der Waals surface area contributed by atoms with Crippen LogP contribution >= 0.6 is 0 Å². The van der Waals surface area contributed by atoms with Gasteiger partial charge in [-0.05, 0) is 44.4 Å². The first-order valence-corrected chi connectivity index (χ1v) is 9.03. The Labute approximate surface area is 144 Å². The van der Waals surface area contributed by atoms with Crippen LogP contribution in [0.3, 0.4) is 0 Å². The number of ether oxygens (including phenoxy) is 1. The van der Waals surface area contributed by atoms with E-state index in [2.05, 4.69) is 30.9 Å². The van der Waals surface area contributed by atoms with Crippen LogP contribution in [-0.4, -0.2) is 60.1 Å². The van der Waals surface area contributed by atoms with Crippen LogP contribution in [0, 0.1) is 0 Å². The second kappa shape index (κ2) is 7.64. The van der Waals surface area contributed by atoms with Crippen molar-refractivity contribution in [1.82, 2.24) is 9.80 Å². The largest absolute Gasteiger partial charge is 0.373 e. The van der Waals surface area contributed by atoms with Crippen molar-refractivity contribution in [2.45, 2.75) is 51.5 Å². The topological polar surface area (TPSA) is 58.8 Å². The fourth-order valence-corrected chi connectivity index (χ4v) is 3.71. The molecule has 1 aromatic rings. The Morgan fingerprint density at radius 3 is 2.29 bits per heavy atom. The predicted octanol–water partition coefficient (Wildman–Crippen LogP) is 1.86. The molecular formula is C19H29N3O2. The maximum Gasteiger partial charge on any atom is 0.253 e. The summed E-state index contributed by atoms with van der Waals surface area (Å²) in [6.45, 7) is 8.60. The summed E-state index contributed by atoms with van der Waals surface area (Å²) in [6.07, 6.45) is 2.36. The van der Waals surface area contributed by atoms with Gasteiger partial charge >= 0.3 is 0 Å². The van der Waals surface area contributed by atoms with Crippen molar-refractivity contribution in [1.29, 1.82) is 0 Å². The van der Waals surface area contributed by atoms with Crippen molar-refractivity contribution in [2.24, 2.45) is 5.73 Å². The molecule has 0 saturated carbocycles. The zero-order chi connectivity index (χ0) is 17.1. The summed E-state index contributed by atoms with van der Waals surface area (Å²) in [5.74, 6) is 0.127. The maximum absolute atomic E-state index is 12.6. The molecule has 2 N–H and O–H groups in total. The van der Waals surface area contributed by atoms with Gasteiger partial charge in [0.15, 0.2) is 0 Å². The number of rotatable bonds is 3. The van der Waals surface area contributed by atoms with Gasteiger partial charge in [0.2, 0.25) is 0 Å². The molecular weight excluding hydrogens is 302 g/mol. The van der Waals surface area contributed by atoms with E-state index in [0.717, 1.165) is 51.1 Å². The summed E-state index contributed by atoms with van der Waals surface area (Å²) < 4.78 is 5.78. The number of piperidine rings is 1. The lowest BCUT2D eigenvalue weighted by atomic mass is 10.0. The monoisotopic (exact) mass is 331 g/mol. The maximum atomic E-state index is 12.6. The van der Waals surface area contributed by atoms with Crippen molar-refractivity contribution < 1.29 is 9.53 Å². The summed E-state index contributed by atoms with van der Waals surface area (Å²) in [6, 6.07) is 8.31. The standard InChI is InChI=1S/C19H29N3O2/c1-14-11-21(12-15(2)24-14)13-16-3-5-17(6-4-16)19(23)22-9-7-18(20)8-10-22/h3-6,14-15,18H,7-13,20H2,1-2H3/t14-,15+. The number of nitrogens with two attached hydrogens (primary N) is 1. The van der Waals surface area contributed by atoms with Gasteiger partial charge in [-0.1, -0.05) is 12.1 Å². The van der Waals surface area contributed by atoms with E-state index in [-0.39, 0.29) is 24.2 Å². The van der Waals surface area contributed by atoms with Gasteiger partial charge in [0.05, 0.1) is 12.2 Å². The van der Waals surface area contributed by atoms with Gasteiger partial charge in [-0.15, -0.1) is 0 Å². The lowest BCUT2D eigenvalue weighted by molar-refractivity contribution is -0.0704. The van der Waals surface area contributed by atoms with Gasteiger partial charge in [0, 0.05) is 44.3 Å². The number of hydrogen-bond donors (Lipinski definition) is 1. The minimum absolute atomic E-state index is 0.127. The van der Waals surface area contributed by atoms with E-state index in [1.165, 1.54) is 5.56 Å². The first kappa shape index (κ1) is 17.4. The van der Waals surface area contributed by atoms with E-state index >= 15 is 0 Å². The minimum atomic E-state index is 0.127.